The molecule has 0 unspecified atom stereocenters. The Morgan fingerprint density at radius 3 is 2.58 bits per heavy atom. The number of halogens is 1. The highest BCUT2D eigenvalue weighted by molar-refractivity contribution is 6.01. The molecule has 0 aromatic heterocycles. The molecule has 1 aliphatic rings. The highest BCUT2D eigenvalue weighted by Crippen LogP contribution is 2.28. The van der Waals surface area contributed by atoms with Crippen LogP contribution >= 0.6 is 0 Å². The molecule has 1 aliphatic heterocycles. The van der Waals surface area contributed by atoms with Gasteiger partial charge in [0.25, 0.3) is 5.91 Å². The van der Waals surface area contributed by atoms with Crippen molar-refractivity contribution in [2.45, 2.75) is 19.3 Å². The van der Waals surface area contributed by atoms with Crippen molar-refractivity contribution in [1.29, 1.82) is 0 Å². The summed E-state index contributed by atoms with van der Waals surface area (Å²) >= 11 is 0. The predicted molar refractivity (Wildman–Crippen MR) is 94.1 cm³/mol. The predicted octanol–water partition coefficient (Wildman–Crippen LogP) is 3.69. The molecule has 3 nitrogen and oxygen atoms in total. The number of hydrogen-bond acceptors (Lipinski definition) is 2. The molecule has 1 fully saturated rings. The van der Waals surface area contributed by atoms with Gasteiger partial charge in [0, 0.05) is 24.2 Å². The van der Waals surface area contributed by atoms with Crippen molar-refractivity contribution in [1.82, 2.24) is 4.90 Å². The fourth-order valence-corrected chi connectivity index (χ4v) is 3.48. The number of carbonyl (C=O) groups is 1. The Labute approximate surface area is 142 Å². The summed E-state index contributed by atoms with van der Waals surface area (Å²) in [6.07, 6.45) is 3.06. The fraction of sp³-hybridized carbons (Fsp3) is 0.350. The van der Waals surface area contributed by atoms with Crippen molar-refractivity contribution in [2.75, 3.05) is 19.6 Å². The van der Waals surface area contributed by atoms with E-state index in [4.69, 9.17) is 5.73 Å². The van der Waals surface area contributed by atoms with Gasteiger partial charge in [-0.05, 0) is 49.4 Å². The molecule has 2 N–H and O–H groups in total. The molecule has 1 saturated heterocycles. The van der Waals surface area contributed by atoms with Gasteiger partial charge in [0.15, 0.2) is 0 Å². The zero-order chi connectivity index (χ0) is 16.9. The smallest absolute Gasteiger partial charge is 0.254 e. The summed E-state index contributed by atoms with van der Waals surface area (Å²) in [5.41, 5.74) is 7.35. The third-order valence-corrected chi connectivity index (χ3v) is 4.70. The van der Waals surface area contributed by atoms with Gasteiger partial charge in [-0.25, -0.2) is 4.39 Å². The second-order valence-electron chi connectivity index (χ2n) is 6.36. The number of likely N-dealkylation sites (tertiary alicyclic amines) is 1. The number of benzene rings is 2. The highest BCUT2D eigenvalue weighted by atomic mass is 19.1. The van der Waals surface area contributed by atoms with Crippen molar-refractivity contribution in [3.05, 3.63) is 59.9 Å². The Balaban J connectivity index is 1.90. The lowest BCUT2D eigenvalue weighted by Crippen LogP contribution is -2.40. The molecule has 126 valence electrons. The molecule has 2 aromatic carbocycles. The van der Waals surface area contributed by atoms with Crippen LogP contribution in [0.3, 0.4) is 0 Å². The molecule has 24 heavy (non-hydrogen) atoms. The van der Waals surface area contributed by atoms with Crippen molar-refractivity contribution >= 4 is 5.91 Å². The van der Waals surface area contributed by atoms with Crippen LogP contribution in [0.2, 0.25) is 0 Å². The van der Waals surface area contributed by atoms with Gasteiger partial charge in [-0.15, -0.1) is 0 Å². The minimum absolute atomic E-state index is 0.0180. The van der Waals surface area contributed by atoms with Gasteiger partial charge in [-0.1, -0.05) is 36.4 Å². The maximum atomic E-state index is 14.2. The largest absolute Gasteiger partial charge is 0.338 e. The first-order valence-corrected chi connectivity index (χ1v) is 8.54. The van der Waals surface area contributed by atoms with Gasteiger partial charge in [0.1, 0.15) is 5.82 Å². The van der Waals surface area contributed by atoms with Gasteiger partial charge in [0.2, 0.25) is 0 Å². The lowest BCUT2D eigenvalue weighted by molar-refractivity contribution is 0.0670. The standard InChI is InChI=1S/C20H23FN2O/c21-19-10-4-3-8-17(19)16-7-1-2-9-18(16)20(24)23-13-5-6-15(14-23)11-12-22/h1-4,7-10,15H,5-6,11-14,22H2/t15-/m0/s1. The van der Waals surface area contributed by atoms with E-state index < -0.39 is 0 Å². The van der Waals surface area contributed by atoms with Crippen LogP contribution in [-0.4, -0.2) is 30.4 Å². The summed E-state index contributed by atoms with van der Waals surface area (Å²) in [5.74, 6) is 0.140. The van der Waals surface area contributed by atoms with Crippen LogP contribution < -0.4 is 5.73 Å². The summed E-state index contributed by atoms with van der Waals surface area (Å²) in [7, 11) is 0. The van der Waals surface area contributed by atoms with Crippen LogP contribution in [-0.2, 0) is 0 Å². The molecule has 1 heterocycles. The Bertz CT molecular complexity index is 714. The summed E-state index contributed by atoms with van der Waals surface area (Å²) < 4.78 is 14.2. The number of piperidine rings is 1. The van der Waals surface area contributed by atoms with Crippen LogP contribution in [0.15, 0.2) is 48.5 Å². The lowest BCUT2D eigenvalue weighted by atomic mass is 9.93. The normalized spacial score (nSPS) is 17.8. The number of amides is 1. The van der Waals surface area contributed by atoms with Crippen LogP contribution in [0.5, 0.6) is 0 Å². The zero-order valence-electron chi connectivity index (χ0n) is 13.7. The molecule has 0 spiro atoms. The third kappa shape index (κ3) is 3.49. The first-order valence-electron chi connectivity index (χ1n) is 8.54. The monoisotopic (exact) mass is 326 g/mol. The van der Waals surface area contributed by atoms with Crippen molar-refractivity contribution in [3.63, 3.8) is 0 Å². The number of carbonyl (C=O) groups excluding carboxylic acids is 1. The quantitative estimate of drug-likeness (QED) is 0.931. The summed E-state index contributed by atoms with van der Waals surface area (Å²) in [5, 5.41) is 0. The average molecular weight is 326 g/mol. The summed E-state index contributed by atoms with van der Waals surface area (Å²) in [6, 6.07) is 13.9. The molecular weight excluding hydrogens is 303 g/mol. The van der Waals surface area contributed by atoms with Crippen LogP contribution in [0.4, 0.5) is 4.39 Å². The Morgan fingerprint density at radius 2 is 1.83 bits per heavy atom. The number of hydrogen-bond donors (Lipinski definition) is 1. The fourth-order valence-electron chi connectivity index (χ4n) is 3.48. The second-order valence-corrected chi connectivity index (χ2v) is 6.36. The van der Waals surface area contributed by atoms with E-state index >= 15 is 0 Å². The van der Waals surface area contributed by atoms with Gasteiger partial charge in [-0.2, -0.15) is 0 Å². The van der Waals surface area contributed by atoms with E-state index in [2.05, 4.69) is 0 Å². The molecule has 0 bridgehead atoms. The van der Waals surface area contributed by atoms with Crippen LogP contribution in [0.25, 0.3) is 11.1 Å². The van der Waals surface area contributed by atoms with E-state index in [0.29, 0.717) is 29.2 Å². The third-order valence-electron chi connectivity index (χ3n) is 4.70. The van der Waals surface area contributed by atoms with Gasteiger partial charge in [-0.3, -0.25) is 4.79 Å². The number of nitrogens with two attached hydrogens (primary N) is 1. The van der Waals surface area contributed by atoms with Gasteiger partial charge in [0.05, 0.1) is 0 Å². The second kappa shape index (κ2) is 7.58. The number of rotatable bonds is 4. The summed E-state index contributed by atoms with van der Waals surface area (Å²) in [6.45, 7) is 2.14. The topological polar surface area (TPSA) is 46.3 Å². The molecule has 1 atom stereocenters. The van der Waals surface area contributed by atoms with E-state index in [9.17, 15) is 9.18 Å². The lowest BCUT2D eigenvalue weighted by Gasteiger charge is -2.33. The summed E-state index contributed by atoms with van der Waals surface area (Å²) in [4.78, 5) is 14.9. The first-order chi connectivity index (χ1) is 11.7. The van der Waals surface area contributed by atoms with Crippen molar-refractivity contribution in [2.24, 2.45) is 11.7 Å². The Kier molecular flexibility index (Phi) is 5.26. The molecule has 4 heteroatoms. The van der Waals surface area contributed by atoms with Gasteiger partial charge < -0.3 is 10.6 Å². The highest BCUT2D eigenvalue weighted by Gasteiger charge is 2.26. The van der Waals surface area contributed by atoms with E-state index in [0.717, 1.165) is 32.4 Å². The maximum Gasteiger partial charge on any atom is 0.254 e. The Morgan fingerprint density at radius 1 is 1.12 bits per heavy atom. The molecule has 1 amide bonds. The molecule has 3 rings (SSSR count). The minimum Gasteiger partial charge on any atom is -0.338 e. The minimum atomic E-state index is -0.308. The Hall–Kier alpha value is -2.20. The number of nitrogens with zero attached hydrogens (tertiary/aromatic N) is 1. The van der Waals surface area contributed by atoms with E-state index in [-0.39, 0.29) is 11.7 Å². The zero-order valence-corrected chi connectivity index (χ0v) is 13.7. The molecule has 2 aromatic rings. The first kappa shape index (κ1) is 16.7. The molecule has 0 radical (unpaired) electrons. The molecule has 0 saturated carbocycles. The maximum absolute atomic E-state index is 14.2. The van der Waals surface area contributed by atoms with Crippen LogP contribution in [0.1, 0.15) is 29.6 Å². The molecular formula is C20H23FN2O. The van der Waals surface area contributed by atoms with Gasteiger partial charge >= 0.3 is 0 Å². The van der Waals surface area contributed by atoms with E-state index in [1.807, 2.05) is 23.1 Å². The van der Waals surface area contributed by atoms with Crippen LogP contribution in [0, 0.1) is 11.7 Å². The van der Waals surface area contributed by atoms with Crippen molar-refractivity contribution in [3.8, 4) is 11.1 Å². The van der Waals surface area contributed by atoms with Crippen molar-refractivity contribution < 1.29 is 9.18 Å². The van der Waals surface area contributed by atoms with E-state index in [1.54, 1.807) is 24.3 Å². The SMILES string of the molecule is NCC[C@@H]1CCCN(C(=O)c2ccccc2-c2ccccc2F)C1. The molecule has 0 aliphatic carbocycles. The van der Waals surface area contributed by atoms with E-state index in [1.165, 1.54) is 6.07 Å². The average Bonchev–Trinajstić information content (AvgIpc) is 2.62.